The fourth-order valence-corrected chi connectivity index (χ4v) is 7.60. The molecule has 1 nitrogen and oxygen atoms in total. The molecule has 0 unspecified atom stereocenters. The first-order chi connectivity index (χ1) is 10.6. The van der Waals surface area contributed by atoms with E-state index < -0.39 is 0 Å². The van der Waals surface area contributed by atoms with Crippen molar-refractivity contribution in [2.45, 2.75) is 91.1 Å². The van der Waals surface area contributed by atoms with Gasteiger partial charge in [0, 0.05) is 6.61 Å². The Morgan fingerprint density at radius 2 is 1.77 bits per heavy atom. The summed E-state index contributed by atoms with van der Waals surface area (Å²) in [5.74, 6) is 4.11. The third-order valence-electron chi connectivity index (χ3n) is 8.80. The Hall–Kier alpha value is -0.0400. The molecule has 0 radical (unpaired) electrons. The molecule has 0 aliphatic heterocycles. The average molecular weight is 305 g/mol. The fourth-order valence-electron chi connectivity index (χ4n) is 7.60. The van der Waals surface area contributed by atoms with Crippen LogP contribution >= 0.6 is 0 Å². The summed E-state index contributed by atoms with van der Waals surface area (Å²) in [6.07, 6.45) is 15.3. The lowest BCUT2D eigenvalue weighted by atomic mass is 9.45. The van der Waals surface area contributed by atoms with Gasteiger partial charge in [0.25, 0.3) is 0 Å². The Bertz CT molecular complexity index is 418. The van der Waals surface area contributed by atoms with Gasteiger partial charge in [-0.05, 0) is 99.2 Å². The van der Waals surface area contributed by atoms with Crippen LogP contribution in [0.25, 0.3) is 0 Å². The van der Waals surface area contributed by atoms with Crippen molar-refractivity contribution in [2.75, 3.05) is 6.61 Å². The molecule has 4 fully saturated rings. The van der Waals surface area contributed by atoms with E-state index in [1.54, 1.807) is 6.42 Å². The highest BCUT2D eigenvalue weighted by atomic mass is 16.5. The SMILES string of the molecule is CCO[C@@H]1CC[C@@]2(C)[C@@H](CC[C@@H]3[C@H]4CCC[C@@]4(C)CC[C@H]32)C1. The smallest absolute Gasteiger partial charge is 0.0578 e. The Kier molecular flexibility index (Phi) is 3.87. The zero-order chi connectivity index (χ0) is 15.4. The molecule has 22 heavy (non-hydrogen) atoms. The third kappa shape index (κ3) is 2.21. The van der Waals surface area contributed by atoms with Crippen molar-refractivity contribution >= 4 is 0 Å². The molecule has 4 saturated carbocycles. The highest BCUT2D eigenvalue weighted by Gasteiger charge is 2.57. The predicted molar refractivity (Wildman–Crippen MR) is 91.8 cm³/mol. The van der Waals surface area contributed by atoms with Gasteiger partial charge in [-0.1, -0.05) is 20.3 Å². The monoisotopic (exact) mass is 304 g/mol. The van der Waals surface area contributed by atoms with Crippen molar-refractivity contribution < 1.29 is 4.74 Å². The van der Waals surface area contributed by atoms with Crippen LogP contribution in [0, 0.1) is 34.5 Å². The molecule has 0 spiro atoms. The molecule has 7 atom stereocenters. The van der Waals surface area contributed by atoms with Gasteiger partial charge < -0.3 is 4.74 Å². The third-order valence-corrected chi connectivity index (χ3v) is 8.80. The van der Waals surface area contributed by atoms with Gasteiger partial charge in [-0.15, -0.1) is 0 Å². The minimum Gasteiger partial charge on any atom is -0.378 e. The van der Waals surface area contributed by atoms with Crippen molar-refractivity contribution in [3.8, 4) is 0 Å². The molecule has 0 heterocycles. The van der Waals surface area contributed by atoms with E-state index >= 15 is 0 Å². The first-order valence-electron chi connectivity index (χ1n) is 10.2. The van der Waals surface area contributed by atoms with Crippen LogP contribution < -0.4 is 0 Å². The maximum Gasteiger partial charge on any atom is 0.0578 e. The minimum atomic E-state index is 0.569. The summed E-state index contributed by atoms with van der Waals surface area (Å²) in [5, 5.41) is 0. The highest BCUT2D eigenvalue weighted by molar-refractivity contribution is 5.07. The van der Waals surface area contributed by atoms with E-state index in [1.807, 2.05) is 0 Å². The number of hydrogen-bond acceptors (Lipinski definition) is 1. The fraction of sp³-hybridized carbons (Fsp3) is 1.00. The van der Waals surface area contributed by atoms with Gasteiger partial charge in [0.1, 0.15) is 0 Å². The van der Waals surface area contributed by atoms with Crippen LogP contribution in [0.3, 0.4) is 0 Å². The first kappa shape index (κ1) is 15.5. The molecular weight excluding hydrogens is 268 g/mol. The van der Waals surface area contributed by atoms with E-state index in [-0.39, 0.29) is 0 Å². The van der Waals surface area contributed by atoms with E-state index in [0.29, 0.717) is 16.9 Å². The van der Waals surface area contributed by atoms with E-state index in [0.717, 1.165) is 30.3 Å². The van der Waals surface area contributed by atoms with E-state index in [4.69, 9.17) is 4.74 Å². The van der Waals surface area contributed by atoms with Gasteiger partial charge in [-0.25, -0.2) is 0 Å². The molecule has 0 amide bonds. The molecule has 4 aliphatic rings. The zero-order valence-corrected chi connectivity index (χ0v) is 15.1. The second-order valence-corrected chi connectivity index (χ2v) is 9.59. The molecule has 1 heteroatoms. The first-order valence-corrected chi connectivity index (χ1v) is 10.2. The molecule has 0 aromatic rings. The Morgan fingerprint density at radius 1 is 0.909 bits per heavy atom. The van der Waals surface area contributed by atoms with Crippen LogP contribution in [-0.2, 0) is 4.74 Å². The van der Waals surface area contributed by atoms with Gasteiger partial charge in [-0.2, -0.15) is 0 Å². The maximum absolute atomic E-state index is 6.00. The summed E-state index contributed by atoms with van der Waals surface area (Å²) >= 11 is 0. The lowest BCUT2D eigenvalue weighted by Gasteiger charge is -2.60. The van der Waals surface area contributed by atoms with Crippen LogP contribution in [0.2, 0.25) is 0 Å². The molecular formula is C21H36O. The topological polar surface area (TPSA) is 9.23 Å². The summed E-state index contributed by atoms with van der Waals surface area (Å²) in [4.78, 5) is 0. The standard InChI is InChI=1S/C21H36O/c1-4-22-16-9-13-21(3)15(14-16)7-8-17-18-6-5-11-20(18,2)12-10-19(17)21/h15-19H,4-14H2,1-3H3/t15-,16+,17+,18+,19+,20-,21-/m0/s1. The lowest BCUT2D eigenvalue weighted by Crippen LogP contribution is -2.53. The molecule has 0 bridgehead atoms. The van der Waals surface area contributed by atoms with Crippen LogP contribution in [0.4, 0.5) is 0 Å². The van der Waals surface area contributed by atoms with E-state index in [2.05, 4.69) is 20.8 Å². The summed E-state index contributed by atoms with van der Waals surface area (Å²) in [6, 6.07) is 0. The molecule has 126 valence electrons. The van der Waals surface area contributed by atoms with Crippen molar-refractivity contribution in [1.82, 2.24) is 0 Å². The second kappa shape index (κ2) is 5.50. The molecule has 4 aliphatic carbocycles. The summed E-state index contributed by atoms with van der Waals surface area (Å²) in [6.45, 7) is 8.36. The zero-order valence-electron chi connectivity index (χ0n) is 15.1. The van der Waals surface area contributed by atoms with Gasteiger partial charge in [-0.3, -0.25) is 0 Å². The molecule has 0 saturated heterocycles. The Balaban J connectivity index is 1.54. The molecule has 4 rings (SSSR count). The number of rotatable bonds is 2. The largest absolute Gasteiger partial charge is 0.378 e. The Morgan fingerprint density at radius 3 is 2.59 bits per heavy atom. The molecule has 0 aromatic carbocycles. The van der Waals surface area contributed by atoms with Crippen LogP contribution in [-0.4, -0.2) is 12.7 Å². The normalized spacial score (nSPS) is 54.4. The van der Waals surface area contributed by atoms with Crippen molar-refractivity contribution in [3.63, 3.8) is 0 Å². The maximum atomic E-state index is 6.00. The predicted octanol–water partition coefficient (Wildman–Crippen LogP) is 5.82. The van der Waals surface area contributed by atoms with Crippen molar-refractivity contribution in [2.24, 2.45) is 34.5 Å². The van der Waals surface area contributed by atoms with E-state index in [9.17, 15) is 0 Å². The second-order valence-electron chi connectivity index (χ2n) is 9.59. The quantitative estimate of drug-likeness (QED) is 0.624. The highest BCUT2D eigenvalue weighted by Crippen LogP contribution is 2.66. The van der Waals surface area contributed by atoms with Gasteiger partial charge in [0.05, 0.1) is 6.10 Å². The number of fused-ring (bicyclic) bond motifs is 5. The number of hydrogen-bond donors (Lipinski definition) is 0. The molecule has 0 aromatic heterocycles. The van der Waals surface area contributed by atoms with Gasteiger partial charge in [0.2, 0.25) is 0 Å². The van der Waals surface area contributed by atoms with Crippen molar-refractivity contribution in [1.29, 1.82) is 0 Å². The lowest BCUT2D eigenvalue weighted by molar-refractivity contribution is -0.128. The van der Waals surface area contributed by atoms with Crippen molar-refractivity contribution in [3.05, 3.63) is 0 Å². The summed E-state index contributed by atoms with van der Waals surface area (Å²) < 4.78 is 6.00. The average Bonchev–Trinajstić information content (AvgIpc) is 2.89. The number of ether oxygens (including phenoxy) is 1. The van der Waals surface area contributed by atoms with Crippen LogP contribution in [0.1, 0.15) is 85.0 Å². The van der Waals surface area contributed by atoms with Crippen LogP contribution in [0.5, 0.6) is 0 Å². The minimum absolute atomic E-state index is 0.569. The van der Waals surface area contributed by atoms with E-state index in [1.165, 1.54) is 57.8 Å². The van der Waals surface area contributed by atoms with Gasteiger partial charge in [0.15, 0.2) is 0 Å². The molecule has 0 N–H and O–H groups in total. The summed E-state index contributed by atoms with van der Waals surface area (Å²) in [5.41, 5.74) is 1.35. The van der Waals surface area contributed by atoms with Crippen LogP contribution in [0.15, 0.2) is 0 Å². The Labute approximate surface area is 137 Å². The summed E-state index contributed by atoms with van der Waals surface area (Å²) in [7, 11) is 0. The van der Waals surface area contributed by atoms with Gasteiger partial charge >= 0.3 is 0 Å².